The number of fused-ring (bicyclic) bond motifs is 1. The summed E-state index contributed by atoms with van der Waals surface area (Å²) < 4.78 is 15.7. The lowest BCUT2D eigenvalue weighted by atomic mass is 10.1. The maximum atomic E-state index is 13.9. The van der Waals surface area contributed by atoms with Crippen molar-refractivity contribution in [3.63, 3.8) is 0 Å². The maximum Gasteiger partial charge on any atom is 0.140 e. The minimum Gasteiger partial charge on any atom is -0.205 e. The average Bonchev–Trinajstić information content (AvgIpc) is 2.77. The van der Waals surface area contributed by atoms with Crippen LogP contribution in [0.4, 0.5) is 4.39 Å². The zero-order chi connectivity index (χ0) is 12.5. The normalized spacial score (nSPS) is 11.0. The third-order valence-corrected chi connectivity index (χ3v) is 4.60. The summed E-state index contributed by atoms with van der Waals surface area (Å²) in [6, 6.07) is 15.8. The Bertz CT molecular complexity index is 670. The molecule has 90 valence electrons. The van der Waals surface area contributed by atoms with E-state index in [1.54, 1.807) is 17.4 Å². The van der Waals surface area contributed by atoms with E-state index < -0.39 is 0 Å². The molecule has 0 saturated carbocycles. The summed E-state index contributed by atoms with van der Waals surface area (Å²) in [4.78, 5) is 1.19. The van der Waals surface area contributed by atoms with Crippen LogP contribution < -0.4 is 0 Å². The molecule has 0 unspecified atom stereocenters. The molecule has 0 aliphatic carbocycles. The molecule has 18 heavy (non-hydrogen) atoms. The Balaban J connectivity index is 1.99. The lowest BCUT2D eigenvalue weighted by molar-refractivity contribution is 0.608. The van der Waals surface area contributed by atoms with Crippen molar-refractivity contribution in [2.75, 3.05) is 0 Å². The molecule has 0 aliphatic rings. The molecule has 0 atom stereocenters. The maximum absolute atomic E-state index is 13.9. The van der Waals surface area contributed by atoms with E-state index in [1.807, 2.05) is 24.3 Å². The van der Waals surface area contributed by atoms with Crippen molar-refractivity contribution in [3.05, 3.63) is 69.3 Å². The van der Waals surface area contributed by atoms with Crippen LogP contribution in [0.15, 0.2) is 53.0 Å². The molecule has 3 rings (SSSR count). The van der Waals surface area contributed by atoms with Gasteiger partial charge in [-0.05, 0) is 45.1 Å². The van der Waals surface area contributed by atoms with Crippen LogP contribution in [0.2, 0.25) is 0 Å². The van der Waals surface area contributed by atoms with E-state index in [1.165, 1.54) is 15.0 Å². The Morgan fingerprint density at radius 2 is 1.89 bits per heavy atom. The average molecular weight is 321 g/mol. The van der Waals surface area contributed by atoms with Crippen LogP contribution in [-0.2, 0) is 6.42 Å². The standard InChI is InChI=1S/C15H10BrFS/c16-13-6-3-5-11(15(13)17)9-12-8-10-4-1-2-7-14(10)18-12/h1-8H,9H2. The molecule has 0 bridgehead atoms. The van der Waals surface area contributed by atoms with Gasteiger partial charge in [0.1, 0.15) is 5.82 Å². The van der Waals surface area contributed by atoms with Gasteiger partial charge in [-0.2, -0.15) is 0 Å². The third-order valence-electron chi connectivity index (χ3n) is 2.87. The summed E-state index contributed by atoms with van der Waals surface area (Å²) in [5, 5.41) is 1.23. The molecular weight excluding hydrogens is 311 g/mol. The molecule has 0 fully saturated rings. The van der Waals surface area contributed by atoms with Crippen LogP contribution in [0.3, 0.4) is 0 Å². The van der Waals surface area contributed by atoms with Crippen LogP contribution in [0.5, 0.6) is 0 Å². The number of halogens is 2. The fourth-order valence-corrected chi connectivity index (χ4v) is 3.49. The van der Waals surface area contributed by atoms with Gasteiger partial charge in [0, 0.05) is 16.0 Å². The van der Waals surface area contributed by atoms with Crippen LogP contribution in [-0.4, -0.2) is 0 Å². The number of hydrogen-bond donors (Lipinski definition) is 0. The van der Waals surface area contributed by atoms with Crippen molar-refractivity contribution in [2.45, 2.75) is 6.42 Å². The zero-order valence-corrected chi connectivity index (χ0v) is 11.9. The molecule has 0 N–H and O–H groups in total. The van der Waals surface area contributed by atoms with Gasteiger partial charge in [-0.3, -0.25) is 0 Å². The van der Waals surface area contributed by atoms with Crippen LogP contribution in [0, 0.1) is 5.82 Å². The fraction of sp³-hybridized carbons (Fsp3) is 0.0667. The molecule has 0 nitrogen and oxygen atoms in total. The molecule has 3 aromatic rings. The Hall–Kier alpha value is -1.19. The van der Waals surface area contributed by atoms with Crippen molar-refractivity contribution in [3.8, 4) is 0 Å². The zero-order valence-electron chi connectivity index (χ0n) is 9.49. The predicted octanol–water partition coefficient (Wildman–Crippen LogP) is 5.39. The molecule has 0 radical (unpaired) electrons. The van der Waals surface area contributed by atoms with Gasteiger partial charge in [0.15, 0.2) is 0 Å². The lowest BCUT2D eigenvalue weighted by Gasteiger charge is -2.02. The summed E-state index contributed by atoms with van der Waals surface area (Å²) in [5.74, 6) is -0.157. The highest BCUT2D eigenvalue weighted by Crippen LogP contribution is 2.28. The predicted molar refractivity (Wildman–Crippen MR) is 78.7 cm³/mol. The summed E-state index contributed by atoms with van der Waals surface area (Å²) in [6.07, 6.45) is 0.643. The van der Waals surface area contributed by atoms with Gasteiger partial charge in [0.25, 0.3) is 0 Å². The second-order valence-corrected chi connectivity index (χ2v) is 6.16. The summed E-state index contributed by atoms with van der Waals surface area (Å²) >= 11 is 4.95. The summed E-state index contributed by atoms with van der Waals surface area (Å²) in [5.41, 5.74) is 0.732. The Morgan fingerprint density at radius 3 is 2.72 bits per heavy atom. The van der Waals surface area contributed by atoms with Crippen LogP contribution >= 0.6 is 27.3 Å². The van der Waals surface area contributed by atoms with E-state index in [0.717, 1.165) is 5.56 Å². The monoisotopic (exact) mass is 320 g/mol. The molecule has 0 aliphatic heterocycles. The molecule has 1 aromatic heterocycles. The molecule has 0 spiro atoms. The minimum atomic E-state index is -0.157. The van der Waals surface area contributed by atoms with E-state index in [4.69, 9.17) is 0 Å². The molecule has 0 amide bonds. The topological polar surface area (TPSA) is 0 Å². The van der Waals surface area contributed by atoms with Crippen LogP contribution in [0.25, 0.3) is 10.1 Å². The van der Waals surface area contributed by atoms with Crippen molar-refractivity contribution in [1.29, 1.82) is 0 Å². The van der Waals surface area contributed by atoms with Crippen LogP contribution in [0.1, 0.15) is 10.4 Å². The Kier molecular flexibility index (Phi) is 3.18. The van der Waals surface area contributed by atoms with Gasteiger partial charge in [0.2, 0.25) is 0 Å². The number of rotatable bonds is 2. The highest BCUT2D eigenvalue weighted by molar-refractivity contribution is 9.10. The van der Waals surface area contributed by atoms with E-state index in [2.05, 4.69) is 34.1 Å². The van der Waals surface area contributed by atoms with Crippen molar-refractivity contribution in [2.24, 2.45) is 0 Å². The highest BCUT2D eigenvalue weighted by Gasteiger charge is 2.08. The second-order valence-electron chi connectivity index (χ2n) is 4.14. The summed E-state index contributed by atoms with van der Waals surface area (Å²) in [7, 11) is 0. The first-order chi connectivity index (χ1) is 8.74. The van der Waals surface area contributed by atoms with Gasteiger partial charge in [-0.25, -0.2) is 4.39 Å². The largest absolute Gasteiger partial charge is 0.205 e. The molecule has 3 heteroatoms. The number of thiophene rings is 1. The van der Waals surface area contributed by atoms with Gasteiger partial charge in [-0.1, -0.05) is 30.3 Å². The van der Waals surface area contributed by atoms with Gasteiger partial charge < -0.3 is 0 Å². The van der Waals surface area contributed by atoms with Crippen molar-refractivity contribution in [1.82, 2.24) is 0 Å². The van der Waals surface area contributed by atoms with Gasteiger partial charge >= 0.3 is 0 Å². The Morgan fingerprint density at radius 1 is 1.06 bits per heavy atom. The van der Waals surface area contributed by atoms with E-state index >= 15 is 0 Å². The smallest absolute Gasteiger partial charge is 0.140 e. The van der Waals surface area contributed by atoms with E-state index in [9.17, 15) is 4.39 Å². The number of hydrogen-bond acceptors (Lipinski definition) is 1. The molecular formula is C15H10BrFS. The quantitative estimate of drug-likeness (QED) is 0.593. The lowest BCUT2D eigenvalue weighted by Crippen LogP contribution is -1.90. The molecule has 1 heterocycles. The molecule has 0 saturated heterocycles. The van der Waals surface area contributed by atoms with E-state index in [0.29, 0.717) is 10.9 Å². The Labute approximate surface area is 117 Å². The highest BCUT2D eigenvalue weighted by atomic mass is 79.9. The van der Waals surface area contributed by atoms with Gasteiger partial charge in [0.05, 0.1) is 4.47 Å². The fourth-order valence-electron chi connectivity index (χ4n) is 2.00. The van der Waals surface area contributed by atoms with Crippen molar-refractivity contribution < 1.29 is 4.39 Å². The number of benzene rings is 2. The first kappa shape index (κ1) is 11.9. The minimum absolute atomic E-state index is 0.157. The molecule has 2 aromatic carbocycles. The first-order valence-electron chi connectivity index (χ1n) is 5.64. The summed E-state index contributed by atoms with van der Waals surface area (Å²) in [6.45, 7) is 0. The first-order valence-corrected chi connectivity index (χ1v) is 7.25. The van der Waals surface area contributed by atoms with Crippen molar-refractivity contribution >= 4 is 37.4 Å². The van der Waals surface area contributed by atoms with E-state index in [-0.39, 0.29) is 5.82 Å². The van der Waals surface area contributed by atoms with Gasteiger partial charge in [-0.15, -0.1) is 11.3 Å². The SMILES string of the molecule is Fc1c(Br)cccc1Cc1cc2ccccc2s1. The third kappa shape index (κ3) is 2.20. The second kappa shape index (κ2) is 4.82.